The molecule has 240 valence electrons. The molecule has 3 aromatic carbocycles. The second-order valence-corrected chi connectivity index (χ2v) is 10.7. The molecule has 0 aliphatic carbocycles. The Morgan fingerprint density at radius 2 is 1.61 bits per heavy atom. The summed E-state index contributed by atoms with van der Waals surface area (Å²) in [5.74, 6) is -0.0748. The van der Waals surface area contributed by atoms with Crippen molar-refractivity contribution in [2.45, 2.75) is 11.3 Å². The minimum absolute atomic E-state index is 0.107. The van der Waals surface area contributed by atoms with Gasteiger partial charge in [0.15, 0.2) is 5.71 Å². The molecule has 0 radical (unpaired) electrons. The number of carbonyl (C=O) groups excluding carboxylic acids is 1. The van der Waals surface area contributed by atoms with Crippen LogP contribution < -0.4 is 15.2 Å². The number of hydrazone groups is 2. The van der Waals surface area contributed by atoms with Crippen LogP contribution in [0.1, 0.15) is 12.0 Å². The van der Waals surface area contributed by atoms with Crippen molar-refractivity contribution >= 4 is 44.5 Å². The Balaban J connectivity index is 1.40. The molecular weight excluding hydrogens is 624 g/mol. The molecule has 0 atom stereocenters. The molecule has 46 heavy (non-hydrogen) atoms. The number of carbonyl (C=O) groups is 1. The molecule has 4 rings (SSSR count). The Morgan fingerprint density at radius 3 is 2.24 bits per heavy atom. The van der Waals surface area contributed by atoms with E-state index in [2.05, 4.69) is 25.7 Å². The van der Waals surface area contributed by atoms with Crippen LogP contribution in [-0.4, -0.2) is 74.8 Å². The number of amides is 1. The summed E-state index contributed by atoms with van der Waals surface area (Å²) in [6, 6.07) is 17.0. The average molecular weight is 653 g/mol. The monoisotopic (exact) mass is 652 g/mol. The number of nitro groups is 1. The van der Waals surface area contributed by atoms with Crippen LogP contribution in [0, 0.1) is 10.1 Å². The first kappa shape index (κ1) is 33.5. The van der Waals surface area contributed by atoms with E-state index in [4.69, 9.17) is 19.7 Å². The number of rotatable bonds is 17. The van der Waals surface area contributed by atoms with Crippen LogP contribution in [0.15, 0.2) is 93.0 Å². The number of benzene rings is 3. The molecule has 0 aromatic heterocycles. The van der Waals surface area contributed by atoms with Crippen LogP contribution >= 0.6 is 0 Å². The summed E-state index contributed by atoms with van der Waals surface area (Å²) in [6.07, 6.45) is 0.636. The van der Waals surface area contributed by atoms with Gasteiger partial charge in [0.25, 0.3) is 15.8 Å². The number of anilines is 2. The molecule has 17 nitrogen and oxygen atoms in total. The van der Waals surface area contributed by atoms with Crippen molar-refractivity contribution in [1.82, 2.24) is 0 Å². The van der Waals surface area contributed by atoms with E-state index in [1.165, 1.54) is 36.4 Å². The number of ether oxygens (including phenoxy) is 3. The Morgan fingerprint density at radius 1 is 0.957 bits per heavy atom. The van der Waals surface area contributed by atoms with Gasteiger partial charge in [-0.3, -0.25) is 24.9 Å². The van der Waals surface area contributed by atoms with Crippen LogP contribution in [0.3, 0.4) is 0 Å². The topological polar surface area (TPSA) is 231 Å². The Hall–Kier alpha value is -5.39. The van der Waals surface area contributed by atoms with Crippen molar-refractivity contribution in [2.75, 3.05) is 50.0 Å². The molecule has 0 fully saturated rings. The standard InChI is InChI=1S/C28H28N8O9S/c29-34-30-14-1-15-43-16-17-44-18-19-45-24-10-8-22(9-11-24)35-28(37)27(26(33-35)20-2-6-23(7-3-20)36(38)39)32-31-21-4-12-25(13-5-21)46(40,41)42/h2-13,31H,1,14-19H2,(H,40,41,42)/b32-27-. The number of nitrogens with one attached hydrogen (secondary N) is 1. The molecule has 1 aliphatic heterocycles. The predicted molar refractivity (Wildman–Crippen MR) is 167 cm³/mol. The summed E-state index contributed by atoms with van der Waals surface area (Å²) < 4.78 is 48.4. The van der Waals surface area contributed by atoms with E-state index in [0.717, 1.165) is 17.1 Å². The molecule has 1 heterocycles. The van der Waals surface area contributed by atoms with Gasteiger partial charge in [-0.15, -0.1) is 0 Å². The van der Waals surface area contributed by atoms with Crippen LogP contribution in [0.4, 0.5) is 17.1 Å². The first-order valence-electron chi connectivity index (χ1n) is 13.7. The zero-order chi connectivity index (χ0) is 32.9. The summed E-state index contributed by atoms with van der Waals surface area (Å²) >= 11 is 0. The first-order valence-corrected chi connectivity index (χ1v) is 15.1. The van der Waals surface area contributed by atoms with Gasteiger partial charge in [-0.1, -0.05) is 5.11 Å². The highest BCUT2D eigenvalue weighted by Gasteiger charge is 2.34. The number of azide groups is 1. The third-order valence-corrected chi connectivity index (χ3v) is 7.05. The fourth-order valence-corrected chi connectivity index (χ4v) is 4.41. The summed E-state index contributed by atoms with van der Waals surface area (Å²) in [4.78, 5) is 26.4. The smallest absolute Gasteiger partial charge is 0.301 e. The van der Waals surface area contributed by atoms with Crippen LogP contribution in [-0.2, 0) is 24.4 Å². The summed E-state index contributed by atoms with van der Waals surface area (Å²) in [6.45, 7) is 2.23. The highest BCUT2D eigenvalue weighted by molar-refractivity contribution is 7.85. The zero-order valence-corrected chi connectivity index (χ0v) is 24.9. The maximum atomic E-state index is 13.5. The van der Waals surface area contributed by atoms with Gasteiger partial charge in [0.2, 0.25) is 0 Å². The average Bonchev–Trinajstić information content (AvgIpc) is 3.38. The molecule has 1 aliphatic rings. The van der Waals surface area contributed by atoms with E-state index in [1.54, 1.807) is 24.3 Å². The lowest BCUT2D eigenvalue weighted by atomic mass is 10.1. The quantitative estimate of drug-likeness (QED) is 0.0402. The number of nitro benzene ring substituents is 1. The van der Waals surface area contributed by atoms with Gasteiger partial charge in [-0.2, -0.15) is 23.6 Å². The van der Waals surface area contributed by atoms with Crippen molar-refractivity contribution in [2.24, 2.45) is 15.3 Å². The normalized spacial score (nSPS) is 13.8. The van der Waals surface area contributed by atoms with Gasteiger partial charge in [0.1, 0.15) is 18.1 Å². The van der Waals surface area contributed by atoms with E-state index in [1.807, 2.05) is 0 Å². The Bertz CT molecular complexity index is 1740. The van der Waals surface area contributed by atoms with Crippen molar-refractivity contribution in [3.05, 3.63) is 98.9 Å². The maximum Gasteiger partial charge on any atom is 0.301 e. The minimum Gasteiger partial charge on any atom is -0.491 e. The third kappa shape index (κ3) is 9.31. The first-order chi connectivity index (χ1) is 22.2. The van der Waals surface area contributed by atoms with Crippen LogP contribution in [0.5, 0.6) is 5.75 Å². The number of hydrogen-bond acceptors (Lipinski definition) is 12. The summed E-state index contributed by atoms with van der Waals surface area (Å²) in [5.41, 5.74) is 11.9. The maximum absolute atomic E-state index is 13.5. The van der Waals surface area contributed by atoms with Crippen molar-refractivity contribution < 1.29 is 36.9 Å². The number of non-ortho nitro benzene ring substituents is 1. The highest BCUT2D eigenvalue weighted by atomic mass is 32.2. The van der Waals surface area contributed by atoms with Gasteiger partial charge >= 0.3 is 5.91 Å². The second kappa shape index (κ2) is 16.1. The molecule has 2 N–H and O–H groups in total. The number of hydrogen-bond donors (Lipinski definition) is 2. The molecule has 1 amide bonds. The van der Waals surface area contributed by atoms with E-state index < -0.39 is 20.9 Å². The molecule has 3 aromatic rings. The Labute approximate surface area is 262 Å². The zero-order valence-electron chi connectivity index (χ0n) is 24.1. The lowest BCUT2D eigenvalue weighted by Crippen LogP contribution is -2.28. The third-order valence-electron chi connectivity index (χ3n) is 6.18. The predicted octanol–water partition coefficient (Wildman–Crippen LogP) is 4.17. The van der Waals surface area contributed by atoms with Gasteiger partial charge in [0.05, 0.1) is 41.0 Å². The molecule has 0 saturated carbocycles. The molecule has 0 unspecified atom stereocenters. The Kier molecular flexibility index (Phi) is 11.7. The highest BCUT2D eigenvalue weighted by Crippen LogP contribution is 2.26. The van der Waals surface area contributed by atoms with Gasteiger partial charge < -0.3 is 14.2 Å². The summed E-state index contributed by atoms with van der Waals surface area (Å²) in [7, 11) is -4.39. The van der Waals surface area contributed by atoms with E-state index in [9.17, 15) is 27.9 Å². The van der Waals surface area contributed by atoms with E-state index in [-0.39, 0.29) is 28.6 Å². The van der Waals surface area contributed by atoms with Crippen LogP contribution in [0.25, 0.3) is 10.4 Å². The minimum atomic E-state index is -4.39. The fourth-order valence-electron chi connectivity index (χ4n) is 3.93. The van der Waals surface area contributed by atoms with Gasteiger partial charge in [0, 0.05) is 35.8 Å². The molecule has 0 saturated heterocycles. The van der Waals surface area contributed by atoms with Crippen molar-refractivity contribution in [1.29, 1.82) is 0 Å². The van der Waals surface area contributed by atoms with Crippen molar-refractivity contribution in [3.63, 3.8) is 0 Å². The second-order valence-electron chi connectivity index (χ2n) is 9.32. The molecule has 18 heteroatoms. The lowest BCUT2D eigenvalue weighted by molar-refractivity contribution is -0.384. The van der Waals surface area contributed by atoms with Gasteiger partial charge in [-0.25, -0.2) is 0 Å². The SMILES string of the molecule is [N-]=[N+]=NCCCOCCOCCOc1ccc(N2N=C(c3ccc([N+](=O)[O-])cc3)/C(=N/Nc3ccc(S(=O)(=O)O)cc3)C2=O)cc1. The van der Waals surface area contributed by atoms with Crippen LogP contribution in [0.2, 0.25) is 0 Å². The lowest BCUT2D eigenvalue weighted by Gasteiger charge is -2.12. The van der Waals surface area contributed by atoms with E-state index in [0.29, 0.717) is 62.1 Å². The molecule has 0 spiro atoms. The fraction of sp³-hybridized carbons (Fsp3) is 0.250. The summed E-state index contributed by atoms with van der Waals surface area (Å²) in [5, 5.41) is 24.3. The van der Waals surface area contributed by atoms with E-state index >= 15 is 0 Å². The number of nitrogens with zero attached hydrogens (tertiary/aromatic N) is 7. The van der Waals surface area contributed by atoms with Gasteiger partial charge in [-0.05, 0) is 72.6 Å². The van der Waals surface area contributed by atoms with Crippen molar-refractivity contribution in [3.8, 4) is 5.75 Å². The molecular formula is C28H28N8O9S. The molecule has 0 bridgehead atoms. The largest absolute Gasteiger partial charge is 0.491 e.